The van der Waals surface area contributed by atoms with E-state index in [9.17, 15) is 4.39 Å². The number of benzene rings is 2. The largest absolute Gasteiger partial charge is 0.497 e. The molecule has 0 aliphatic heterocycles. The molecule has 0 radical (unpaired) electrons. The maximum absolute atomic E-state index is 13.8. The van der Waals surface area contributed by atoms with Crippen LogP contribution in [0.1, 0.15) is 11.1 Å². The summed E-state index contributed by atoms with van der Waals surface area (Å²) in [4.78, 5) is 9.92. The summed E-state index contributed by atoms with van der Waals surface area (Å²) >= 11 is 1.53. The van der Waals surface area contributed by atoms with Crippen molar-refractivity contribution in [3.05, 3.63) is 94.1 Å². The number of ether oxygens (including phenoxy) is 1. The topological polar surface area (TPSA) is 52.6 Å². The summed E-state index contributed by atoms with van der Waals surface area (Å²) in [5, 5.41) is 2.80. The Morgan fingerprint density at radius 3 is 2.75 bits per heavy atom. The molecular formula is C25H20FN3O2S. The normalized spacial score (nSPS) is 11.9. The van der Waals surface area contributed by atoms with Crippen molar-refractivity contribution in [1.82, 2.24) is 9.55 Å². The van der Waals surface area contributed by atoms with Crippen LogP contribution in [0.15, 0.2) is 81.8 Å². The first-order valence-corrected chi connectivity index (χ1v) is 11.0. The lowest BCUT2D eigenvalue weighted by molar-refractivity contribution is 0.415. The van der Waals surface area contributed by atoms with Crippen molar-refractivity contribution in [3.63, 3.8) is 0 Å². The number of pyridine rings is 1. The van der Waals surface area contributed by atoms with Crippen molar-refractivity contribution < 1.29 is 13.5 Å². The van der Waals surface area contributed by atoms with E-state index in [1.54, 1.807) is 19.4 Å². The van der Waals surface area contributed by atoms with Crippen LogP contribution in [0.2, 0.25) is 0 Å². The van der Waals surface area contributed by atoms with Crippen molar-refractivity contribution in [2.24, 2.45) is 4.99 Å². The molecule has 0 spiro atoms. The van der Waals surface area contributed by atoms with Crippen LogP contribution >= 0.6 is 11.3 Å². The first-order chi connectivity index (χ1) is 15.6. The van der Waals surface area contributed by atoms with Gasteiger partial charge in [0.1, 0.15) is 17.1 Å². The van der Waals surface area contributed by atoms with Gasteiger partial charge in [-0.3, -0.25) is 4.98 Å². The Balaban J connectivity index is 1.67. The van der Waals surface area contributed by atoms with E-state index in [2.05, 4.69) is 9.55 Å². The number of halogens is 1. The van der Waals surface area contributed by atoms with Crippen LogP contribution in [0, 0.1) is 12.7 Å². The fourth-order valence-corrected chi connectivity index (χ4v) is 4.53. The Labute approximate surface area is 188 Å². The average molecular weight is 446 g/mol. The smallest absolute Gasteiger partial charge is 0.190 e. The number of aryl methyl sites for hydroxylation is 1. The Kier molecular flexibility index (Phi) is 5.33. The predicted octanol–water partition coefficient (Wildman–Crippen LogP) is 6.09. The van der Waals surface area contributed by atoms with E-state index in [0.29, 0.717) is 17.9 Å². The van der Waals surface area contributed by atoms with E-state index in [1.165, 1.54) is 23.5 Å². The Morgan fingerprint density at radius 2 is 2.00 bits per heavy atom. The molecule has 0 fully saturated rings. The molecule has 0 aliphatic carbocycles. The number of methoxy groups -OCH3 is 1. The molecule has 32 heavy (non-hydrogen) atoms. The predicted molar refractivity (Wildman–Crippen MR) is 124 cm³/mol. The van der Waals surface area contributed by atoms with Crippen LogP contribution < -0.4 is 9.54 Å². The second-order valence-corrected chi connectivity index (χ2v) is 8.19. The zero-order chi connectivity index (χ0) is 22.1. The summed E-state index contributed by atoms with van der Waals surface area (Å²) in [5.41, 5.74) is 4.31. The fourth-order valence-electron chi connectivity index (χ4n) is 3.63. The molecule has 7 heteroatoms. The maximum Gasteiger partial charge on any atom is 0.190 e. The number of hydrogen-bond acceptors (Lipinski definition) is 5. The van der Waals surface area contributed by atoms with E-state index in [0.717, 1.165) is 38.4 Å². The molecule has 5 aromatic rings. The van der Waals surface area contributed by atoms with Gasteiger partial charge in [-0.05, 0) is 61.0 Å². The molecule has 0 atom stereocenters. The standard InChI is InChI=1S/C25H20FN3O2S/c1-16-21-12-18(26)5-10-23(21)31-24(16)22-15-32-25(28-19-6-8-20(30-2)9-7-19)29(22)14-17-4-3-11-27-13-17/h3-13,15H,14H2,1-2H3. The molecular weight excluding hydrogens is 425 g/mol. The molecule has 0 saturated carbocycles. The third kappa shape index (κ3) is 3.83. The molecule has 160 valence electrons. The molecule has 2 aromatic carbocycles. The van der Waals surface area contributed by atoms with Crippen molar-refractivity contribution >= 4 is 28.0 Å². The highest BCUT2D eigenvalue weighted by atomic mass is 32.1. The summed E-state index contributed by atoms with van der Waals surface area (Å²) in [6.45, 7) is 2.53. The van der Waals surface area contributed by atoms with E-state index in [1.807, 2.05) is 54.9 Å². The molecule has 5 nitrogen and oxygen atoms in total. The molecule has 0 N–H and O–H groups in total. The zero-order valence-corrected chi connectivity index (χ0v) is 18.4. The summed E-state index contributed by atoms with van der Waals surface area (Å²) < 4.78 is 27.3. The van der Waals surface area contributed by atoms with E-state index in [4.69, 9.17) is 14.1 Å². The van der Waals surface area contributed by atoms with Crippen LogP contribution in [0.4, 0.5) is 10.1 Å². The number of aromatic nitrogens is 2. The monoisotopic (exact) mass is 445 g/mol. The van der Waals surface area contributed by atoms with Crippen LogP contribution in [-0.4, -0.2) is 16.7 Å². The molecule has 3 heterocycles. The summed E-state index contributed by atoms with van der Waals surface area (Å²) in [7, 11) is 1.64. The number of rotatable bonds is 5. The third-order valence-corrected chi connectivity index (χ3v) is 6.15. The Morgan fingerprint density at radius 1 is 1.16 bits per heavy atom. The minimum Gasteiger partial charge on any atom is -0.497 e. The maximum atomic E-state index is 13.8. The molecule has 0 bridgehead atoms. The van der Waals surface area contributed by atoms with Gasteiger partial charge in [0, 0.05) is 28.7 Å². The molecule has 0 aliphatic rings. The average Bonchev–Trinajstić information content (AvgIpc) is 3.35. The van der Waals surface area contributed by atoms with Gasteiger partial charge in [0.15, 0.2) is 10.6 Å². The van der Waals surface area contributed by atoms with E-state index in [-0.39, 0.29) is 5.82 Å². The van der Waals surface area contributed by atoms with Crippen LogP contribution in [0.5, 0.6) is 5.75 Å². The minimum absolute atomic E-state index is 0.281. The minimum atomic E-state index is -0.281. The van der Waals surface area contributed by atoms with Gasteiger partial charge in [-0.25, -0.2) is 9.38 Å². The number of nitrogens with zero attached hydrogens (tertiary/aromatic N) is 3. The van der Waals surface area contributed by atoms with Gasteiger partial charge in [-0.15, -0.1) is 11.3 Å². The number of fused-ring (bicyclic) bond motifs is 1. The van der Waals surface area contributed by atoms with Gasteiger partial charge >= 0.3 is 0 Å². The van der Waals surface area contributed by atoms with E-state index < -0.39 is 0 Å². The summed E-state index contributed by atoms with van der Waals surface area (Å²) in [6.07, 6.45) is 3.59. The number of thiazole rings is 1. The van der Waals surface area contributed by atoms with Gasteiger partial charge < -0.3 is 13.7 Å². The van der Waals surface area contributed by atoms with Gasteiger partial charge in [-0.1, -0.05) is 6.07 Å². The van der Waals surface area contributed by atoms with Crippen LogP contribution in [-0.2, 0) is 6.54 Å². The molecule has 0 saturated heterocycles. The highest BCUT2D eigenvalue weighted by Gasteiger charge is 2.18. The Bertz CT molecular complexity index is 1450. The van der Waals surface area contributed by atoms with Crippen LogP contribution in [0.25, 0.3) is 22.4 Å². The second kappa shape index (κ2) is 8.43. The summed E-state index contributed by atoms with van der Waals surface area (Å²) in [5.74, 6) is 1.21. The number of furan rings is 1. The van der Waals surface area contributed by atoms with Gasteiger partial charge in [-0.2, -0.15) is 0 Å². The lowest BCUT2D eigenvalue weighted by Gasteiger charge is -2.08. The summed E-state index contributed by atoms with van der Waals surface area (Å²) in [6, 6.07) is 16.1. The Hall–Kier alpha value is -3.71. The first-order valence-electron chi connectivity index (χ1n) is 10.1. The molecule has 0 amide bonds. The van der Waals surface area contributed by atoms with Gasteiger partial charge in [0.2, 0.25) is 0 Å². The van der Waals surface area contributed by atoms with Crippen molar-refractivity contribution in [2.75, 3.05) is 7.11 Å². The SMILES string of the molecule is COc1ccc(N=c2scc(-c3oc4ccc(F)cc4c3C)n2Cc2cccnc2)cc1. The lowest BCUT2D eigenvalue weighted by atomic mass is 10.1. The zero-order valence-electron chi connectivity index (χ0n) is 17.6. The third-order valence-electron chi connectivity index (χ3n) is 5.29. The lowest BCUT2D eigenvalue weighted by Crippen LogP contribution is -2.16. The highest BCUT2D eigenvalue weighted by Crippen LogP contribution is 2.34. The van der Waals surface area contributed by atoms with Gasteiger partial charge in [0.25, 0.3) is 0 Å². The van der Waals surface area contributed by atoms with Crippen molar-refractivity contribution in [2.45, 2.75) is 13.5 Å². The van der Waals surface area contributed by atoms with Crippen molar-refractivity contribution in [3.8, 4) is 17.2 Å². The molecule has 3 aromatic heterocycles. The fraction of sp³-hybridized carbons (Fsp3) is 0.120. The second-order valence-electron chi connectivity index (χ2n) is 7.36. The van der Waals surface area contributed by atoms with Crippen molar-refractivity contribution in [1.29, 1.82) is 0 Å². The van der Waals surface area contributed by atoms with Crippen LogP contribution in [0.3, 0.4) is 0 Å². The first kappa shape index (κ1) is 20.2. The molecule has 5 rings (SSSR count). The highest BCUT2D eigenvalue weighted by molar-refractivity contribution is 7.07. The number of hydrogen-bond donors (Lipinski definition) is 0. The molecule has 0 unspecified atom stereocenters. The van der Waals surface area contributed by atoms with Gasteiger partial charge in [0.05, 0.1) is 25.0 Å². The quantitative estimate of drug-likeness (QED) is 0.329. The van der Waals surface area contributed by atoms with E-state index >= 15 is 0 Å².